The van der Waals surface area contributed by atoms with Crippen molar-refractivity contribution < 1.29 is 8.42 Å². The van der Waals surface area contributed by atoms with E-state index in [1.54, 1.807) is 0 Å². The Balaban J connectivity index is 2.53. The fourth-order valence-electron chi connectivity index (χ4n) is 2.54. The van der Waals surface area contributed by atoms with Gasteiger partial charge in [0, 0.05) is 6.04 Å². The molecular formula is C16H27NO2S. The second-order valence-electron chi connectivity index (χ2n) is 5.69. The highest BCUT2D eigenvalue weighted by atomic mass is 32.2. The SMILES string of the molecule is CCNC(C)CCCS(=O)(=O)Cc1cc(C)cc(C)c1. The monoisotopic (exact) mass is 297 g/mol. The van der Waals surface area contributed by atoms with Crippen LogP contribution in [0.2, 0.25) is 0 Å². The molecule has 1 aromatic carbocycles. The molecule has 1 unspecified atom stereocenters. The maximum Gasteiger partial charge on any atom is 0.154 e. The largest absolute Gasteiger partial charge is 0.315 e. The molecular weight excluding hydrogens is 270 g/mol. The molecule has 0 heterocycles. The van der Waals surface area contributed by atoms with Gasteiger partial charge in [0.2, 0.25) is 0 Å². The van der Waals surface area contributed by atoms with Crippen molar-refractivity contribution in [3.63, 3.8) is 0 Å². The van der Waals surface area contributed by atoms with E-state index in [0.29, 0.717) is 6.04 Å². The standard InChI is InChI=1S/C16H27NO2S/c1-5-17-15(4)7-6-8-20(18,19)12-16-10-13(2)9-14(3)11-16/h9-11,15,17H,5-8,12H2,1-4H3. The van der Waals surface area contributed by atoms with Gasteiger partial charge in [0.05, 0.1) is 11.5 Å². The van der Waals surface area contributed by atoms with Crippen LogP contribution in [0.3, 0.4) is 0 Å². The number of sulfone groups is 1. The molecule has 0 saturated carbocycles. The molecule has 0 bridgehead atoms. The van der Waals surface area contributed by atoms with Crippen LogP contribution in [-0.4, -0.2) is 26.8 Å². The summed E-state index contributed by atoms with van der Waals surface area (Å²) >= 11 is 0. The normalized spacial score (nSPS) is 13.4. The first-order valence-electron chi connectivity index (χ1n) is 7.33. The van der Waals surface area contributed by atoms with Crippen LogP contribution < -0.4 is 5.32 Å². The molecule has 20 heavy (non-hydrogen) atoms. The van der Waals surface area contributed by atoms with Gasteiger partial charge >= 0.3 is 0 Å². The second kappa shape index (κ2) is 7.79. The van der Waals surface area contributed by atoms with Crippen LogP contribution in [-0.2, 0) is 15.6 Å². The van der Waals surface area contributed by atoms with Crippen molar-refractivity contribution >= 4 is 9.84 Å². The number of benzene rings is 1. The van der Waals surface area contributed by atoms with E-state index < -0.39 is 9.84 Å². The molecule has 0 fully saturated rings. The van der Waals surface area contributed by atoms with Crippen LogP contribution in [0.4, 0.5) is 0 Å². The van der Waals surface area contributed by atoms with Crippen molar-refractivity contribution in [2.24, 2.45) is 0 Å². The minimum absolute atomic E-state index is 0.158. The minimum atomic E-state index is -3.01. The highest BCUT2D eigenvalue weighted by molar-refractivity contribution is 7.90. The van der Waals surface area contributed by atoms with Gasteiger partial charge < -0.3 is 5.32 Å². The number of hydrogen-bond acceptors (Lipinski definition) is 3. The van der Waals surface area contributed by atoms with Crippen molar-refractivity contribution in [3.8, 4) is 0 Å². The van der Waals surface area contributed by atoms with Gasteiger partial charge in [0.1, 0.15) is 0 Å². The third-order valence-electron chi connectivity index (χ3n) is 3.31. The van der Waals surface area contributed by atoms with Gasteiger partial charge in [-0.1, -0.05) is 36.2 Å². The molecule has 1 N–H and O–H groups in total. The Hall–Kier alpha value is -0.870. The minimum Gasteiger partial charge on any atom is -0.315 e. The summed E-state index contributed by atoms with van der Waals surface area (Å²) in [4.78, 5) is 0. The lowest BCUT2D eigenvalue weighted by molar-refractivity contribution is 0.520. The van der Waals surface area contributed by atoms with Crippen LogP contribution in [0.25, 0.3) is 0 Å². The van der Waals surface area contributed by atoms with Crippen molar-refractivity contribution in [2.75, 3.05) is 12.3 Å². The Morgan fingerprint density at radius 1 is 1.15 bits per heavy atom. The summed E-state index contributed by atoms with van der Waals surface area (Å²) in [5.41, 5.74) is 3.15. The highest BCUT2D eigenvalue weighted by Gasteiger charge is 2.13. The lowest BCUT2D eigenvalue weighted by Crippen LogP contribution is -2.26. The summed E-state index contributed by atoms with van der Waals surface area (Å²) in [6.07, 6.45) is 1.63. The first-order chi connectivity index (χ1) is 9.32. The lowest BCUT2D eigenvalue weighted by Gasteiger charge is -2.12. The lowest BCUT2D eigenvalue weighted by atomic mass is 10.1. The fourth-order valence-corrected chi connectivity index (χ4v) is 3.96. The van der Waals surface area contributed by atoms with Crippen molar-refractivity contribution in [1.29, 1.82) is 0 Å². The van der Waals surface area contributed by atoms with E-state index in [2.05, 4.69) is 25.2 Å². The maximum atomic E-state index is 12.1. The molecule has 0 amide bonds. The van der Waals surface area contributed by atoms with E-state index >= 15 is 0 Å². The van der Waals surface area contributed by atoms with Crippen LogP contribution in [0.1, 0.15) is 43.4 Å². The Bertz CT molecular complexity index is 503. The second-order valence-corrected chi connectivity index (χ2v) is 7.87. The van der Waals surface area contributed by atoms with Gasteiger partial charge in [-0.2, -0.15) is 0 Å². The van der Waals surface area contributed by atoms with E-state index in [4.69, 9.17) is 0 Å². The molecule has 0 aliphatic carbocycles. The molecule has 4 heteroatoms. The number of nitrogens with one attached hydrogen (secondary N) is 1. The van der Waals surface area contributed by atoms with Crippen molar-refractivity contribution in [3.05, 3.63) is 34.9 Å². The highest BCUT2D eigenvalue weighted by Crippen LogP contribution is 2.13. The van der Waals surface area contributed by atoms with E-state index in [9.17, 15) is 8.42 Å². The Kier molecular flexibility index (Phi) is 6.69. The van der Waals surface area contributed by atoms with Crippen LogP contribution >= 0.6 is 0 Å². The van der Waals surface area contributed by atoms with E-state index in [1.807, 2.05) is 26.0 Å². The van der Waals surface area contributed by atoms with Gasteiger partial charge in [-0.15, -0.1) is 0 Å². The number of rotatable bonds is 8. The van der Waals surface area contributed by atoms with Gasteiger partial charge in [-0.25, -0.2) is 8.42 Å². The Labute approximate surface area is 123 Å². The summed E-state index contributed by atoms with van der Waals surface area (Å²) in [6.45, 7) is 9.09. The Morgan fingerprint density at radius 3 is 2.30 bits per heavy atom. The third kappa shape index (κ3) is 6.53. The fraction of sp³-hybridized carbons (Fsp3) is 0.625. The van der Waals surface area contributed by atoms with Crippen LogP contribution in [0, 0.1) is 13.8 Å². The van der Waals surface area contributed by atoms with Gasteiger partial charge in [-0.3, -0.25) is 0 Å². The molecule has 0 saturated heterocycles. The first-order valence-corrected chi connectivity index (χ1v) is 9.15. The zero-order chi connectivity index (χ0) is 15.2. The van der Waals surface area contributed by atoms with Crippen molar-refractivity contribution in [2.45, 2.75) is 52.3 Å². The summed E-state index contributed by atoms with van der Waals surface area (Å²) in [5.74, 6) is 0.431. The van der Waals surface area contributed by atoms with Gasteiger partial charge in [-0.05, 0) is 45.7 Å². The van der Waals surface area contributed by atoms with Crippen LogP contribution in [0.5, 0.6) is 0 Å². The van der Waals surface area contributed by atoms with E-state index in [1.165, 1.54) is 0 Å². The number of aryl methyl sites for hydroxylation is 2. The molecule has 1 atom stereocenters. The maximum absolute atomic E-state index is 12.1. The molecule has 0 aliphatic heterocycles. The summed E-state index contributed by atoms with van der Waals surface area (Å²) in [5, 5.41) is 3.30. The molecule has 0 radical (unpaired) electrons. The smallest absolute Gasteiger partial charge is 0.154 e. The van der Waals surface area contributed by atoms with Gasteiger partial charge in [0.15, 0.2) is 9.84 Å². The van der Waals surface area contributed by atoms with E-state index in [-0.39, 0.29) is 11.5 Å². The molecule has 0 aromatic heterocycles. The zero-order valence-corrected chi connectivity index (χ0v) is 13.9. The summed E-state index contributed by atoms with van der Waals surface area (Å²) in [7, 11) is -3.01. The molecule has 3 nitrogen and oxygen atoms in total. The quantitative estimate of drug-likeness (QED) is 0.802. The predicted octanol–water partition coefficient (Wildman–Crippen LogP) is 3.00. The zero-order valence-electron chi connectivity index (χ0n) is 13.1. The molecule has 0 spiro atoms. The topological polar surface area (TPSA) is 46.2 Å². The van der Waals surface area contributed by atoms with Gasteiger partial charge in [0.25, 0.3) is 0 Å². The van der Waals surface area contributed by atoms with Crippen molar-refractivity contribution in [1.82, 2.24) is 5.32 Å². The van der Waals surface area contributed by atoms with Crippen LogP contribution in [0.15, 0.2) is 18.2 Å². The summed E-state index contributed by atoms with van der Waals surface area (Å²) in [6, 6.07) is 6.38. The Morgan fingerprint density at radius 2 is 1.75 bits per heavy atom. The molecule has 114 valence electrons. The number of hydrogen-bond donors (Lipinski definition) is 1. The first kappa shape index (κ1) is 17.2. The molecule has 1 rings (SSSR count). The van der Waals surface area contributed by atoms with E-state index in [0.717, 1.165) is 36.1 Å². The average Bonchev–Trinajstić information content (AvgIpc) is 2.26. The molecule has 1 aromatic rings. The predicted molar refractivity (Wildman–Crippen MR) is 85.8 cm³/mol. The third-order valence-corrected chi connectivity index (χ3v) is 5.00. The molecule has 0 aliphatic rings. The average molecular weight is 297 g/mol. The summed E-state index contributed by atoms with van der Waals surface area (Å²) < 4.78 is 24.3.